The van der Waals surface area contributed by atoms with E-state index in [0.29, 0.717) is 19.7 Å². The van der Waals surface area contributed by atoms with E-state index in [9.17, 15) is 4.79 Å². The predicted molar refractivity (Wildman–Crippen MR) is 122 cm³/mol. The molecule has 0 radical (unpaired) electrons. The molecule has 162 valence electrons. The number of carbonyl (C=O) groups excluding carboxylic acids is 1. The second-order valence-electron chi connectivity index (χ2n) is 8.21. The van der Waals surface area contributed by atoms with E-state index in [-0.39, 0.29) is 6.09 Å². The van der Waals surface area contributed by atoms with E-state index in [2.05, 4.69) is 32.5 Å². The van der Waals surface area contributed by atoms with Crippen molar-refractivity contribution in [2.24, 2.45) is 7.05 Å². The smallest absolute Gasteiger partial charge is 0.410 e. The Morgan fingerprint density at radius 2 is 1.83 bits per heavy atom. The van der Waals surface area contributed by atoms with Crippen molar-refractivity contribution in [2.75, 3.05) is 31.1 Å². The van der Waals surface area contributed by atoms with Crippen LogP contribution in [0, 0.1) is 0 Å². The van der Waals surface area contributed by atoms with Crippen LogP contribution in [-0.4, -0.2) is 52.6 Å². The van der Waals surface area contributed by atoms with Crippen molar-refractivity contribution < 1.29 is 14.3 Å². The first-order valence-corrected chi connectivity index (χ1v) is 10.8. The van der Waals surface area contributed by atoms with Crippen LogP contribution >= 0.6 is 15.9 Å². The fraction of sp³-hybridized carbons (Fsp3) is 0.455. The Labute approximate surface area is 186 Å². The fourth-order valence-electron chi connectivity index (χ4n) is 3.26. The fourth-order valence-corrected chi connectivity index (χ4v) is 3.87. The Hall–Kier alpha value is -2.48. The van der Waals surface area contributed by atoms with Crippen LogP contribution in [0.5, 0.6) is 5.75 Å². The molecule has 1 saturated heterocycles. The molecule has 0 N–H and O–H groups in total. The Morgan fingerprint density at radius 1 is 1.20 bits per heavy atom. The summed E-state index contributed by atoms with van der Waals surface area (Å²) in [5, 5.41) is 4.45. The SMILES string of the molecule is C=Cc1c(Br)c(COc2ccc(N3CCN(C(=O)OC(C)(C)C)CC3)cc2)nn1C. The van der Waals surface area contributed by atoms with Crippen LogP contribution in [0.3, 0.4) is 0 Å². The van der Waals surface area contributed by atoms with Gasteiger partial charge in [0.15, 0.2) is 0 Å². The number of hydrogen-bond donors (Lipinski definition) is 0. The standard InChI is InChI=1S/C22H29BrN4O3/c1-6-19-20(23)18(24-25(19)5)15-29-17-9-7-16(8-10-17)26-11-13-27(14-12-26)21(28)30-22(2,3)4/h6-10H,1,11-15H2,2-5H3. The zero-order valence-electron chi connectivity index (χ0n) is 18.0. The van der Waals surface area contributed by atoms with Crippen LogP contribution in [0.4, 0.5) is 10.5 Å². The Kier molecular flexibility index (Phi) is 6.75. The van der Waals surface area contributed by atoms with Crippen molar-refractivity contribution in [1.29, 1.82) is 0 Å². The normalized spacial score (nSPS) is 14.6. The highest BCUT2D eigenvalue weighted by Crippen LogP contribution is 2.25. The molecule has 1 fully saturated rings. The molecule has 30 heavy (non-hydrogen) atoms. The van der Waals surface area contributed by atoms with E-state index >= 15 is 0 Å². The number of amides is 1. The van der Waals surface area contributed by atoms with E-state index in [0.717, 1.165) is 40.4 Å². The molecule has 1 aromatic carbocycles. The number of ether oxygens (including phenoxy) is 2. The first-order valence-electron chi connectivity index (χ1n) is 9.97. The van der Waals surface area contributed by atoms with Gasteiger partial charge in [0.25, 0.3) is 0 Å². The van der Waals surface area contributed by atoms with Crippen molar-refractivity contribution in [3.8, 4) is 5.75 Å². The van der Waals surface area contributed by atoms with Gasteiger partial charge in [-0.3, -0.25) is 4.68 Å². The van der Waals surface area contributed by atoms with Gasteiger partial charge in [0.05, 0.1) is 10.2 Å². The molecule has 1 aromatic heterocycles. The summed E-state index contributed by atoms with van der Waals surface area (Å²) in [5.41, 5.74) is 2.39. The third kappa shape index (κ3) is 5.36. The van der Waals surface area contributed by atoms with Crippen LogP contribution < -0.4 is 9.64 Å². The lowest BCUT2D eigenvalue weighted by Gasteiger charge is -2.36. The van der Waals surface area contributed by atoms with Gasteiger partial charge >= 0.3 is 6.09 Å². The average Bonchev–Trinajstić information content (AvgIpc) is 2.98. The quantitative estimate of drug-likeness (QED) is 0.637. The summed E-state index contributed by atoms with van der Waals surface area (Å²) in [5.74, 6) is 0.781. The summed E-state index contributed by atoms with van der Waals surface area (Å²) >= 11 is 3.55. The second kappa shape index (κ2) is 9.12. The van der Waals surface area contributed by atoms with Crippen LogP contribution in [-0.2, 0) is 18.4 Å². The summed E-state index contributed by atoms with van der Waals surface area (Å²) in [7, 11) is 1.88. The second-order valence-corrected chi connectivity index (χ2v) is 9.00. The molecule has 1 aliphatic rings. The van der Waals surface area contributed by atoms with E-state index < -0.39 is 5.60 Å². The van der Waals surface area contributed by atoms with Crippen molar-refractivity contribution >= 4 is 33.8 Å². The number of piperazine rings is 1. The lowest BCUT2D eigenvalue weighted by molar-refractivity contribution is 0.0240. The number of aromatic nitrogens is 2. The third-order valence-corrected chi connectivity index (χ3v) is 5.66. The topological polar surface area (TPSA) is 59.8 Å². The summed E-state index contributed by atoms with van der Waals surface area (Å²) in [6.07, 6.45) is 1.52. The van der Waals surface area contributed by atoms with E-state index in [1.165, 1.54) is 0 Å². The molecule has 1 amide bonds. The highest BCUT2D eigenvalue weighted by molar-refractivity contribution is 9.10. The van der Waals surface area contributed by atoms with Gasteiger partial charge in [0.2, 0.25) is 0 Å². The van der Waals surface area contributed by atoms with Gasteiger partial charge < -0.3 is 19.3 Å². The largest absolute Gasteiger partial charge is 0.487 e. The Balaban J connectivity index is 1.53. The number of carbonyl (C=O) groups is 1. The minimum Gasteiger partial charge on any atom is -0.487 e. The maximum Gasteiger partial charge on any atom is 0.410 e. The molecule has 2 aromatic rings. The third-order valence-electron chi connectivity index (χ3n) is 4.80. The van der Waals surface area contributed by atoms with Gasteiger partial charge in [-0.1, -0.05) is 6.58 Å². The molecule has 2 heterocycles. The molecule has 0 atom stereocenters. The Morgan fingerprint density at radius 3 is 2.37 bits per heavy atom. The van der Waals surface area contributed by atoms with Crippen molar-refractivity contribution in [1.82, 2.24) is 14.7 Å². The highest BCUT2D eigenvalue weighted by Gasteiger charge is 2.26. The molecule has 0 spiro atoms. The van der Waals surface area contributed by atoms with Gasteiger partial charge in [-0.15, -0.1) is 0 Å². The molecule has 8 heteroatoms. The average molecular weight is 477 g/mol. The lowest BCUT2D eigenvalue weighted by Crippen LogP contribution is -2.50. The maximum atomic E-state index is 12.2. The maximum absolute atomic E-state index is 12.2. The first kappa shape index (κ1) is 22.2. The van der Waals surface area contributed by atoms with Gasteiger partial charge in [0.1, 0.15) is 23.7 Å². The first-order chi connectivity index (χ1) is 14.2. The summed E-state index contributed by atoms with van der Waals surface area (Å²) < 4.78 is 14.0. The van der Waals surface area contributed by atoms with Crippen LogP contribution in [0.15, 0.2) is 35.3 Å². The van der Waals surface area contributed by atoms with Gasteiger partial charge in [-0.05, 0) is 67.0 Å². The summed E-state index contributed by atoms with van der Waals surface area (Å²) in [4.78, 5) is 16.2. The molecule has 0 bridgehead atoms. The van der Waals surface area contributed by atoms with Crippen LogP contribution in [0.25, 0.3) is 6.08 Å². The monoisotopic (exact) mass is 476 g/mol. The number of rotatable bonds is 5. The summed E-state index contributed by atoms with van der Waals surface area (Å²) in [6.45, 7) is 12.7. The molecule has 3 rings (SSSR count). The van der Waals surface area contributed by atoms with Crippen molar-refractivity contribution in [2.45, 2.75) is 33.0 Å². The molecular formula is C22H29BrN4O3. The van der Waals surface area contributed by atoms with Crippen LogP contribution in [0.1, 0.15) is 32.2 Å². The minimum absolute atomic E-state index is 0.244. The lowest BCUT2D eigenvalue weighted by atomic mass is 10.2. The molecule has 0 unspecified atom stereocenters. The molecule has 0 saturated carbocycles. The zero-order chi connectivity index (χ0) is 21.9. The predicted octanol–water partition coefficient (Wildman–Crippen LogP) is 4.46. The van der Waals surface area contributed by atoms with Gasteiger partial charge in [-0.2, -0.15) is 5.10 Å². The molecule has 0 aliphatic carbocycles. The molecule has 7 nitrogen and oxygen atoms in total. The number of hydrogen-bond acceptors (Lipinski definition) is 5. The number of nitrogens with zero attached hydrogens (tertiary/aromatic N) is 4. The number of anilines is 1. The highest BCUT2D eigenvalue weighted by atomic mass is 79.9. The van der Waals surface area contributed by atoms with Gasteiger partial charge in [0, 0.05) is 38.9 Å². The number of aryl methyl sites for hydroxylation is 1. The van der Waals surface area contributed by atoms with Crippen LogP contribution in [0.2, 0.25) is 0 Å². The van der Waals surface area contributed by atoms with E-state index in [1.807, 2.05) is 52.1 Å². The zero-order valence-corrected chi connectivity index (χ0v) is 19.6. The van der Waals surface area contributed by atoms with Gasteiger partial charge in [-0.25, -0.2) is 4.79 Å². The number of benzene rings is 1. The molecule has 1 aliphatic heterocycles. The van der Waals surface area contributed by atoms with E-state index in [1.54, 1.807) is 15.7 Å². The van der Waals surface area contributed by atoms with Crippen molar-refractivity contribution in [3.63, 3.8) is 0 Å². The summed E-state index contributed by atoms with van der Waals surface area (Å²) in [6, 6.07) is 8.00. The minimum atomic E-state index is -0.470. The number of halogens is 1. The molecular weight excluding hydrogens is 448 g/mol. The Bertz CT molecular complexity index is 894. The van der Waals surface area contributed by atoms with Crippen molar-refractivity contribution in [3.05, 3.63) is 46.7 Å². The van der Waals surface area contributed by atoms with E-state index in [4.69, 9.17) is 9.47 Å².